The minimum atomic E-state index is -0.787. The summed E-state index contributed by atoms with van der Waals surface area (Å²) in [5.41, 5.74) is 2.71. The second kappa shape index (κ2) is 8.00. The van der Waals surface area contributed by atoms with Crippen LogP contribution in [0.25, 0.3) is 11.1 Å². The first-order valence-electron chi connectivity index (χ1n) is 9.22. The Morgan fingerprint density at radius 2 is 1.70 bits per heavy atom. The Morgan fingerprint density at radius 1 is 1.07 bits per heavy atom. The van der Waals surface area contributed by atoms with Crippen molar-refractivity contribution in [2.45, 2.75) is 19.4 Å². The number of halogens is 1. The lowest BCUT2D eigenvalue weighted by molar-refractivity contribution is -0.125. The first-order chi connectivity index (χ1) is 14.4. The van der Waals surface area contributed by atoms with Crippen molar-refractivity contribution in [1.29, 1.82) is 0 Å². The van der Waals surface area contributed by atoms with Gasteiger partial charge in [0.15, 0.2) is 0 Å². The highest BCUT2D eigenvalue weighted by Crippen LogP contribution is 2.34. The standard InChI is InChI=1S/C21H18ClN5O3/c1-12(28)24-15-6-8-16(9-7-15)25-21(30)18-10-19(29)26-20-17(11-23-27(18)20)13-2-4-14(22)5-3-13/h2-9,11,18H,10H2,1H3,(H,24,28)(H,25,30)(H,26,29). The summed E-state index contributed by atoms with van der Waals surface area (Å²) >= 11 is 5.95. The molecule has 1 aliphatic heterocycles. The molecule has 1 aliphatic rings. The summed E-state index contributed by atoms with van der Waals surface area (Å²) in [4.78, 5) is 36.3. The SMILES string of the molecule is CC(=O)Nc1ccc(NC(=O)C2CC(=O)Nc3c(-c4ccc(Cl)cc4)cnn32)cc1. The molecular formula is C21H18ClN5O3. The lowest BCUT2D eigenvalue weighted by Crippen LogP contribution is -2.35. The summed E-state index contributed by atoms with van der Waals surface area (Å²) in [7, 11) is 0. The van der Waals surface area contributed by atoms with Crippen LogP contribution in [0.4, 0.5) is 17.2 Å². The normalized spacial score (nSPS) is 15.1. The van der Waals surface area contributed by atoms with Gasteiger partial charge in [0.05, 0.1) is 12.6 Å². The van der Waals surface area contributed by atoms with Gasteiger partial charge < -0.3 is 16.0 Å². The summed E-state index contributed by atoms with van der Waals surface area (Å²) in [6.07, 6.45) is 1.59. The van der Waals surface area contributed by atoms with Crippen LogP contribution < -0.4 is 16.0 Å². The number of hydrogen-bond donors (Lipinski definition) is 3. The zero-order valence-electron chi connectivity index (χ0n) is 16.0. The molecule has 3 aromatic rings. The van der Waals surface area contributed by atoms with Gasteiger partial charge in [-0.2, -0.15) is 5.10 Å². The average Bonchev–Trinajstić information content (AvgIpc) is 3.12. The molecule has 30 heavy (non-hydrogen) atoms. The number of aromatic nitrogens is 2. The molecule has 0 bridgehead atoms. The van der Waals surface area contributed by atoms with Crippen LogP contribution in [-0.4, -0.2) is 27.5 Å². The van der Waals surface area contributed by atoms with Crippen molar-refractivity contribution in [2.75, 3.05) is 16.0 Å². The highest BCUT2D eigenvalue weighted by atomic mass is 35.5. The fraction of sp³-hybridized carbons (Fsp3) is 0.143. The second-order valence-electron chi connectivity index (χ2n) is 6.87. The van der Waals surface area contributed by atoms with E-state index in [1.807, 2.05) is 12.1 Å². The molecule has 8 nitrogen and oxygen atoms in total. The fourth-order valence-corrected chi connectivity index (χ4v) is 3.40. The average molecular weight is 424 g/mol. The largest absolute Gasteiger partial charge is 0.326 e. The van der Waals surface area contributed by atoms with Crippen molar-refractivity contribution in [3.05, 3.63) is 59.8 Å². The van der Waals surface area contributed by atoms with E-state index in [0.29, 0.717) is 27.8 Å². The van der Waals surface area contributed by atoms with Crippen LogP contribution in [-0.2, 0) is 14.4 Å². The van der Waals surface area contributed by atoms with Crippen LogP contribution in [0.15, 0.2) is 54.7 Å². The van der Waals surface area contributed by atoms with E-state index in [1.54, 1.807) is 42.6 Å². The number of nitrogens with zero attached hydrogens (tertiary/aromatic N) is 2. The fourth-order valence-electron chi connectivity index (χ4n) is 3.28. The summed E-state index contributed by atoms with van der Waals surface area (Å²) in [5.74, 6) is -0.332. The molecule has 0 saturated heterocycles. The molecule has 4 rings (SSSR count). The molecular weight excluding hydrogens is 406 g/mol. The monoisotopic (exact) mass is 423 g/mol. The molecule has 3 amide bonds. The molecule has 1 unspecified atom stereocenters. The van der Waals surface area contributed by atoms with Gasteiger partial charge >= 0.3 is 0 Å². The number of benzene rings is 2. The maximum Gasteiger partial charge on any atom is 0.249 e. The Labute approximate surface area is 177 Å². The van der Waals surface area contributed by atoms with Crippen molar-refractivity contribution < 1.29 is 14.4 Å². The molecule has 152 valence electrons. The molecule has 1 atom stereocenters. The third-order valence-corrected chi connectivity index (χ3v) is 4.91. The molecule has 3 N–H and O–H groups in total. The second-order valence-corrected chi connectivity index (χ2v) is 7.31. The third kappa shape index (κ3) is 4.04. The van der Waals surface area contributed by atoms with E-state index in [-0.39, 0.29) is 24.1 Å². The van der Waals surface area contributed by atoms with Crippen molar-refractivity contribution >= 4 is 46.5 Å². The number of carbonyl (C=O) groups excluding carboxylic acids is 3. The number of anilines is 3. The lowest BCUT2D eigenvalue weighted by Gasteiger charge is -2.24. The van der Waals surface area contributed by atoms with E-state index < -0.39 is 6.04 Å². The summed E-state index contributed by atoms with van der Waals surface area (Å²) < 4.78 is 1.52. The van der Waals surface area contributed by atoms with Crippen molar-refractivity contribution in [1.82, 2.24) is 9.78 Å². The predicted octanol–water partition coefficient (Wildman–Crippen LogP) is 3.68. The van der Waals surface area contributed by atoms with Gasteiger partial charge in [0.1, 0.15) is 11.9 Å². The molecule has 2 heterocycles. The zero-order valence-corrected chi connectivity index (χ0v) is 16.7. The lowest BCUT2D eigenvalue weighted by atomic mass is 10.1. The number of carbonyl (C=O) groups is 3. The molecule has 0 saturated carbocycles. The van der Waals surface area contributed by atoms with Gasteiger partial charge in [-0.15, -0.1) is 0 Å². The van der Waals surface area contributed by atoms with E-state index in [0.717, 1.165) is 5.56 Å². The predicted molar refractivity (Wildman–Crippen MR) is 114 cm³/mol. The van der Waals surface area contributed by atoms with E-state index in [4.69, 9.17) is 11.6 Å². The van der Waals surface area contributed by atoms with Crippen LogP contribution in [0.5, 0.6) is 0 Å². The first kappa shape index (κ1) is 19.7. The van der Waals surface area contributed by atoms with Crippen LogP contribution >= 0.6 is 11.6 Å². The minimum Gasteiger partial charge on any atom is -0.326 e. The number of hydrogen-bond acceptors (Lipinski definition) is 4. The van der Waals surface area contributed by atoms with Gasteiger partial charge in [0.25, 0.3) is 0 Å². The molecule has 0 radical (unpaired) electrons. The Bertz CT molecular complexity index is 1120. The van der Waals surface area contributed by atoms with Gasteiger partial charge in [-0.25, -0.2) is 4.68 Å². The van der Waals surface area contributed by atoms with Gasteiger partial charge in [0, 0.05) is 28.9 Å². The van der Waals surface area contributed by atoms with Crippen LogP contribution in [0.3, 0.4) is 0 Å². The Morgan fingerprint density at radius 3 is 2.33 bits per heavy atom. The first-order valence-corrected chi connectivity index (χ1v) is 9.60. The van der Waals surface area contributed by atoms with Crippen molar-refractivity contribution in [3.63, 3.8) is 0 Å². The molecule has 0 fully saturated rings. The Hall–Kier alpha value is -3.65. The van der Waals surface area contributed by atoms with Gasteiger partial charge in [0.2, 0.25) is 17.7 Å². The van der Waals surface area contributed by atoms with E-state index in [9.17, 15) is 14.4 Å². The number of amides is 3. The van der Waals surface area contributed by atoms with E-state index in [2.05, 4.69) is 21.0 Å². The highest BCUT2D eigenvalue weighted by molar-refractivity contribution is 6.30. The maximum atomic E-state index is 12.9. The Balaban J connectivity index is 1.57. The maximum absolute atomic E-state index is 12.9. The molecule has 1 aromatic heterocycles. The van der Waals surface area contributed by atoms with Crippen molar-refractivity contribution in [2.24, 2.45) is 0 Å². The summed E-state index contributed by atoms with van der Waals surface area (Å²) in [6.45, 7) is 1.42. The van der Waals surface area contributed by atoms with Crippen LogP contribution in [0.1, 0.15) is 19.4 Å². The van der Waals surface area contributed by atoms with Crippen LogP contribution in [0, 0.1) is 0 Å². The molecule has 9 heteroatoms. The number of fused-ring (bicyclic) bond motifs is 1. The Kier molecular flexibility index (Phi) is 5.24. The van der Waals surface area contributed by atoms with Gasteiger partial charge in [-0.1, -0.05) is 23.7 Å². The molecule has 2 aromatic carbocycles. The van der Waals surface area contributed by atoms with Crippen LogP contribution in [0.2, 0.25) is 5.02 Å². The highest BCUT2D eigenvalue weighted by Gasteiger charge is 2.33. The summed E-state index contributed by atoms with van der Waals surface area (Å²) in [6, 6.07) is 13.1. The zero-order chi connectivity index (χ0) is 21.3. The number of rotatable bonds is 4. The van der Waals surface area contributed by atoms with E-state index >= 15 is 0 Å². The number of nitrogens with one attached hydrogen (secondary N) is 3. The summed E-state index contributed by atoms with van der Waals surface area (Å²) in [5, 5.41) is 13.2. The third-order valence-electron chi connectivity index (χ3n) is 4.66. The van der Waals surface area contributed by atoms with E-state index in [1.165, 1.54) is 11.6 Å². The van der Waals surface area contributed by atoms with Gasteiger partial charge in [-0.05, 0) is 42.0 Å². The molecule has 0 aliphatic carbocycles. The quantitative estimate of drug-likeness (QED) is 0.595. The smallest absolute Gasteiger partial charge is 0.249 e. The topological polar surface area (TPSA) is 105 Å². The minimum absolute atomic E-state index is 0.0233. The van der Waals surface area contributed by atoms with Crippen molar-refractivity contribution in [3.8, 4) is 11.1 Å². The van der Waals surface area contributed by atoms with Gasteiger partial charge in [-0.3, -0.25) is 14.4 Å². The molecule has 0 spiro atoms.